The Morgan fingerprint density at radius 1 is 1.24 bits per heavy atom. The van der Waals surface area contributed by atoms with Gasteiger partial charge in [-0.3, -0.25) is 0 Å². The van der Waals surface area contributed by atoms with Gasteiger partial charge in [-0.15, -0.1) is 0 Å². The number of nitrogens with two attached hydrogens (primary N) is 1. The molecule has 2 N–H and O–H groups in total. The maximum absolute atomic E-state index is 13.2. The van der Waals surface area contributed by atoms with E-state index in [-0.39, 0.29) is 11.9 Å². The Balaban J connectivity index is 2.15. The molecule has 0 heterocycles. The van der Waals surface area contributed by atoms with Crippen LogP contribution in [0.3, 0.4) is 0 Å². The van der Waals surface area contributed by atoms with E-state index in [1.807, 2.05) is 24.3 Å². The molecule has 0 aromatic heterocycles. The third-order valence-electron chi connectivity index (χ3n) is 3.33. The fourth-order valence-electron chi connectivity index (χ4n) is 2.08. The van der Waals surface area contributed by atoms with Gasteiger partial charge in [0.2, 0.25) is 0 Å². The van der Waals surface area contributed by atoms with Crippen LogP contribution >= 0.6 is 15.9 Å². The molecule has 0 saturated carbocycles. The molecule has 0 aliphatic rings. The molecule has 2 aromatic carbocycles. The molecule has 0 fully saturated rings. The van der Waals surface area contributed by atoms with E-state index in [1.165, 1.54) is 12.1 Å². The predicted octanol–water partition coefficient (Wildman–Crippen LogP) is 4.45. The van der Waals surface area contributed by atoms with Crippen LogP contribution in [0, 0.1) is 5.82 Å². The van der Waals surface area contributed by atoms with E-state index >= 15 is 0 Å². The Hall–Kier alpha value is -1.39. The van der Waals surface area contributed by atoms with Crippen molar-refractivity contribution >= 4 is 15.9 Å². The molecule has 0 aliphatic carbocycles. The highest BCUT2D eigenvalue weighted by atomic mass is 79.9. The molecule has 0 spiro atoms. The standard InChI is InChI=1S/C17H19BrFNO/c1-2-15(20)10-13-6-4-8-16(18)17(13)21-11-12-5-3-7-14(19)9-12/h3-9,15H,2,10-11,20H2,1H3. The summed E-state index contributed by atoms with van der Waals surface area (Å²) in [6.45, 7) is 2.39. The maximum atomic E-state index is 13.2. The summed E-state index contributed by atoms with van der Waals surface area (Å²) in [5.41, 5.74) is 7.90. The quantitative estimate of drug-likeness (QED) is 0.834. The first-order valence-corrected chi connectivity index (χ1v) is 7.79. The molecule has 0 radical (unpaired) electrons. The summed E-state index contributed by atoms with van der Waals surface area (Å²) in [6, 6.07) is 12.5. The van der Waals surface area contributed by atoms with Crippen LogP contribution in [0.15, 0.2) is 46.9 Å². The second-order valence-electron chi connectivity index (χ2n) is 5.02. The molecule has 2 nitrogen and oxygen atoms in total. The first-order valence-electron chi connectivity index (χ1n) is 7.00. The van der Waals surface area contributed by atoms with Crippen molar-refractivity contribution in [1.29, 1.82) is 0 Å². The van der Waals surface area contributed by atoms with Gasteiger partial charge in [0.05, 0.1) is 4.47 Å². The van der Waals surface area contributed by atoms with Gasteiger partial charge in [-0.25, -0.2) is 4.39 Å². The van der Waals surface area contributed by atoms with Crippen molar-refractivity contribution in [1.82, 2.24) is 0 Å². The highest BCUT2D eigenvalue weighted by molar-refractivity contribution is 9.10. The molecule has 2 aromatic rings. The Labute approximate surface area is 133 Å². The van der Waals surface area contributed by atoms with E-state index in [9.17, 15) is 4.39 Å². The zero-order valence-corrected chi connectivity index (χ0v) is 13.6. The van der Waals surface area contributed by atoms with E-state index in [0.717, 1.165) is 34.2 Å². The average molecular weight is 352 g/mol. The minimum absolute atomic E-state index is 0.107. The molecule has 0 amide bonds. The summed E-state index contributed by atoms with van der Waals surface area (Å²) in [7, 11) is 0. The number of halogens is 2. The van der Waals surface area contributed by atoms with Crippen molar-refractivity contribution < 1.29 is 9.13 Å². The van der Waals surface area contributed by atoms with Crippen LogP contribution in [0.1, 0.15) is 24.5 Å². The van der Waals surface area contributed by atoms with E-state index in [2.05, 4.69) is 22.9 Å². The lowest BCUT2D eigenvalue weighted by Crippen LogP contribution is -2.21. The molecule has 4 heteroatoms. The van der Waals surface area contributed by atoms with E-state index in [0.29, 0.717) is 6.61 Å². The first-order chi connectivity index (χ1) is 10.1. The van der Waals surface area contributed by atoms with Crippen LogP contribution in [0.5, 0.6) is 5.75 Å². The van der Waals surface area contributed by atoms with Gasteiger partial charge in [-0.1, -0.05) is 31.2 Å². The molecule has 1 atom stereocenters. The largest absolute Gasteiger partial charge is 0.487 e. The molecule has 0 bridgehead atoms. The second-order valence-corrected chi connectivity index (χ2v) is 5.87. The molecular weight excluding hydrogens is 333 g/mol. The van der Waals surface area contributed by atoms with Gasteiger partial charge in [-0.05, 0) is 58.1 Å². The lowest BCUT2D eigenvalue weighted by Gasteiger charge is -2.16. The third kappa shape index (κ3) is 4.55. The summed E-state index contributed by atoms with van der Waals surface area (Å²) in [6.07, 6.45) is 1.67. The molecule has 21 heavy (non-hydrogen) atoms. The number of rotatable bonds is 6. The van der Waals surface area contributed by atoms with E-state index in [4.69, 9.17) is 10.5 Å². The summed E-state index contributed by atoms with van der Waals surface area (Å²) < 4.78 is 20.0. The maximum Gasteiger partial charge on any atom is 0.137 e. The van der Waals surface area contributed by atoms with Gasteiger partial charge >= 0.3 is 0 Å². The Bertz CT molecular complexity index is 603. The lowest BCUT2D eigenvalue weighted by molar-refractivity contribution is 0.299. The summed E-state index contributed by atoms with van der Waals surface area (Å²) >= 11 is 3.51. The van der Waals surface area contributed by atoms with Crippen LogP contribution in [0.4, 0.5) is 4.39 Å². The van der Waals surface area contributed by atoms with Gasteiger partial charge in [-0.2, -0.15) is 0 Å². The molecular formula is C17H19BrFNO. The number of para-hydroxylation sites is 1. The summed E-state index contributed by atoms with van der Waals surface area (Å²) in [5.74, 6) is 0.530. The number of hydrogen-bond acceptors (Lipinski definition) is 2. The van der Waals surface area contributed by atoms with Crippen LogP contribution in [-0.4, -0.2) is 6.04 Å². The fourth-order valence-corrected chi connectivity index (χ4v) is 2.61. The minimum Gasteiger partial charge on any atom is -0.487 e. The van der Waals surface area contributed by atoms with Gasteiger partial charge < -0.3 is 10.5 Å². The van der Waals surface area contributed by atoms with Crippen molar-refractivity contribution in [2.24, 2.45) is 5.73 Å². The number of hydrogen-bond donors (Lipinski definition) is 1. The number of ether oxygens (including phenoxy) is 1. The van der Waals surface area contributed by atoms with Gasteiger partial charge in [0, 0.05) is 6.04 Å². The Morgan fingerprint density at radius 2 is 2.00 bits per heavy atom. The predicted molar refractivity (Wildman–Crippen MR) is 86.8 cm³/mol. The van der Waals surface area contributed by atoms with Gasteiger partial charge in [0.1, 0.15) is 18.2 Å². The van der Waals surface area contributed by atoms with Crippen LogP contribution in [0.25, 0.3) is 0 Å². The van der Waals surface area contributed by atoms with Gasteiger partial charge in [0.15, 0.2) is 0 Å². The fraction of sp³-hybridized carbons (Fsp3) is 0.294. The molecule has 1 unspecified atom stereocenters. The smallest absolute Gasteiger partial charge is 0.137 e. The summed E-state index contributed by atoms with van der Waals surface area (Å²) in [4.78, 5) is 0. The molecule has 0 saturated heterocycles. The Kier molecular flexibility index (Phi) is 5.76. The highest BCUT2D eigenvalue weighted by Crippen LogP contribution is 2.30. The Morgan fingerprint density at radius 3 is 2.71 bits per heavy atom. The molecule has 0 aliphatic heterocycles. The van der Waals surface area contributed by atoms with Crippen molar-refractivity contribution in [2.75, 3.05) is 0 Å². The van der Waals surface area contributed by atoms with Crippen molar-refractivity contribution in [2.45, 2.75) is 32.4 Å². The van der Waals surface area contributed by atoms with Crippen LogP contribution < -0.4 is 10.5 Å². The van der Waals surface area contributed by atoms with E-state index < -0.39 is 0 Å². The average Bonchev–Trinajstić information content (AvgIpc) is 2.46. The van der Waals surface area contributed by atoms with Crippen molar-refractivity contribution in [3.8, 4) is 5.75 Å². The normalized spacial score (nSPS) is 12.2. The van der Waals surface area contributed by atoms with E-state index in [1.54, 1.807) is 6.07 Å². The lowest BCUT2D eigenvalue weighted by atomic mass is 10.0. The third-order valence-corrected chi connectivity index (χ3v) is 3.95. The van der Waals surface area contributed by atoms with Crippen molar-refractivity contribution in [3.63, 3.8) is 0 Å². The zero-order chi connectivity index (χ0) is 15.2. The monoisotopic (exact) mass is 351 g/mol. The minimum atomic E-state index is -0.253. The topological polar surface area (TPSA) is 35.2 Å². The molecule has 2 rings (SSSR count). The first kappa shape index (κ1) is 16.0. The zero-order valence-electron chi connectivity index (χ0n) is 12.0. The van der Waals surface area contributed by atoms with Gasteiger partial charge in [0.25, 0.3) is 0 Å². The SMILES string of the molecule is CCC(N)Cc1cccc(Br)c1OCc1cccc(F)c1. The number of benzene rings is 2. The van der Waals surface area contributed by atoms with Crippen molar-refractivity contribution in [3.05, 3.63) is 63.9 Å². The van der Waals surface area contributed by atoms with Crippen LogP contribution in [-0.2, 0) is 13.0 Å². The summed E-state index contributed by atoms with van der Waals surface area (Å²) in [5, 5.41) is 0. The van der Waals surface area contributed by atoms with Crippen LogP contribution in [0.2, 0.25) is 0 Å². The second kappa shape index (κ2) is 7.57. The highest BCUT2D eigenvalue weighted by Gasteiger charge is 2.11. The molecule has 112 valence electrons.